The number of rotatable bonds is 3. The summed E-state index contributed by atoms with van der Waals surface area (Å²) in [6.45, 7) is 0.0297. The molecule has 0 aliphatic rings. The fourth-order valence-corrected chi connectivity index (χ4v) is 0.740. The van der Waals surface area contributed by atoms with Gasteiger partial charge >= 0.3 is 0 Å². The number of terminal acetylenes is 1. The summed E-state index contributed by atoms with van der Waals surface area (Å²) in [5.74, 6) is 1.80. The van der Waals surface area contributed by atoms with Crippen molar-refractivity contribution in [3.05, 3.63) is 18.0 Å². The molecule has 13 heavy (non-hydrogen) atoms. The average molecular weight is 179 g/mol. The first-order valence-electron chi connectivity index (χ1n) is 3.53. The highest BCUT2D eigenvalue weighted by atomic mass is 16.6. The normalized spacial score (nSPS) is 9.15. The zero-order chi connectivity index (χ0) is 9.68. The molecule has 0 unspecified atom stereocenters. The minimum absolute atomic E-state index is 0.0297. The number of aromatic amines is 1. The number of nitrogens with two attached hydrogens (primary N) is 1. The molecule has 1 aromatic heterocycles. The summed E-state index contributed by atoms with van der Waals surface area (Å²) in [7, 11) is 0. The van der Waals surface area contributed by atoms with Crippen molar-refractivity contribution in [2.75, 3.05) is 12.3 Å². The molecular weight excluding hydrogens is 170 g/mol. The van der Waals surface area contributed by atoms with Gasteiger partial charge in [-0.3, -0.25) is 9.63 Å². The molecule has 0 saturated carbocycles. The van der Waals surface area contributed by atoms with E-state index in [4.69, 9.17) is 12.2 Å². The summed E-state index contributed by atoms with van der Waals surface area (Å²) in [6, 6.07) is 1.49. The molecule has 5 heteroatoms. The van der Waals surface area contributed by atoms with E-state index in [0.29, 0.717) is 11.4 Å². The van der Waals surface area contributed by atoms with E-state index in [-0.39, 0.29) is 6.61 Å². The maximum Gasteiger partial charge on any atom is 0.291 e. The second kappa shape index (κ2) is 4.18. The van der Waals surface area contributed by atoms with Crippen LogP contribution in [-0.2, 0) is 4.84 Å². The molecule has 0 bridgehead atoms. The Morgan fingerprint density at radius 3 is 3.15 bits per heavy atom. The third kappa shape index (κ3) is 2.54. The van der Waals surface area contributed by atoms with Crippen molar-refractivity contribution >= 4 is 11.6 Å². The highest BCUT2D eigenvalue weighted by molar-refractivity contribution is 5.92. The van der Waals surface area contributed by atoms with Gasteiger partial charge in [-0.1, -0.05) is 5.92 Å². The quantitative estimate of drug-likeness (QED) is 0.344. The minimum Gasteiger partial charge on any atom is -0.397 e. The number of carbonyl (C=O) groups is 1. The van der Waals surface area contributed by atoms with Crippen molar-refractivity contribution in [2.45, 2.75) is 0 Å². The molecule has 5 nitrogen and oxygen atoms in total. The number of hydrogen-bond acceptors (Lipinski definition) is 3. The summed E-state index contributed by atoms with van der Waals surface area (Å²) in [6.07, 6.45) is 6.41. The Bertz CT molecular complexity index is 337. The van der Waals surface area contributed by atoms with Crippen LogP contribution in [0.25, 0.3) is 0 Å². The topological polar surface area (TPSA) is 80.1 Å². The number of nitrogen functional groups attached to an aromatic ring is 1. The summed E-state index contributed by atoms with van der Waals surface area (Å²) >= 11 is 0. The predicted octanol–water partition coefficient (Wildman–Crippen LogP) is -0.109. The second-order valence-corrected chi connectivity index (χ2v) is 2.27. The van der Waals surface area contributed by atoms with Gasteiger partial charge in [0.2, 0.25) is 0 Å². The van der Waals surface area contributed by atoms with Crippen LogP contribution < -0.4 is 11.2 Å². The largest absolute Gasteiger partial charge is 0.397 e. The Morgan fingerprint density at radius 2 is 2.62 bits per heavy atom. The Balaban J connectivity index is 2.45. The van der Waals surface area contributed by atoms with Crippen molar-refractivity contribution in [3.63, 3.8) is 0 Å². The Hall–Kier alpha value is -1.93. The van der Waals surface area contributed by atoms with Crippen LogP contribution in [0.15, 0.2) is 12.3 Å². The Labute approximate surface area is 75.2 Å². The van der Waals surface area contributed by atoms with Gasteiger partial charge < -0.3 is 10.7 Å². The van der Waals surface area contributed by atoms with E-state index in [1.807, 2.05) is 0 Å². The molecule has 0 fully saturated rings. The lowest BCUT2D eigenvalue weighted by molar-refractivity contribution is 0.0434. The van der Waals surface area contributed by atoms with Gasteiger partial charge in [0.25, 0.3) is 5.91 Å². The maximum absolute atomic E-state index is 11.1. The second-order valence-electron chi connectivity index (χ2n) is 2.27. The van der Waals surface area contributed by atoms with Crippen LogP contribution in [0.5, 0.6) is 0 Å². The third-order valence-electron chi connectivity index (χ3n) is 1.27. The van der Waals surface area contributed by atoms with Gasteiger partial charge in [0.1, 0.15) is 12.3 Å². The number of hydrogen-bond donors (Lipinski definition) is 3. The van der Waals surface area contributed by atoms with Crippen molar-refractivity contribution in [3.8, 4) is 12.3 Å². The van der Waals surface area contributed by atoms with Crippen LogP contribution in [-0.4, -0.2) is 17.5 Å². The highest BCUT2D eigenvalue weighted by Crippen LogP contribution is 2.03. The van der Waals surface area contributed by atoms with Crippen molar-refractivity contribution in [1.29, 1.82) is 0 Å². The van der Waals surface area contributed by atoms with Gasteiger partial charge in [-0.2, -0.15) is 0 Å². The van der Waals surface area contributed by atoms with Crippen LogP contribution in [0.2, 0.25) is 0 Å². The van der Waals surface area contributed by atoms with Crippen molar-refractivity contribution in [1.82, 2.24) is 10.5 Å². The molecular formula is C8H9N3O2. The van der Waals surface area contributed by atoms with Gasteiger partial charge in [-0.25, -0.2) is 5.48 Å². The van der Waals surface area contributed by atoms with E-state index in [1.54, 1.807) is 0 Å². The van der Waals surface area contributed by atoms with Gasteiger partial charge in [-0.15, -0.1) is 6.42 Å². The first kappa shape index (κ1) is 9.16. The van der Waals surface area contributed by atoms with Crippen LogP contribution >= 0.6 is 0 Å². The van der Waals surface area contributed by atoms with Crippen LogP contribution in [0, 0.1) is 12.3 Å². The first-order valence-corrected chi connectivity index (χ1v) is 3.53. The Morgan fingerprint density at radius 1 is 1.85 bits per heavy atom. The predicted molar refractivity (Wildman–Crippen MR) is 47.5 cm³/mol. The lowest BCUT2D eigenvalue weighted by atomic mass is 10.4. The lowest BCUT2D eigenvalue weighted by Gasteiger charge is -1.99. The third-order valence-corrected chi connectivity index (χ3v) is 1.27. The number of anilines is 1. The summed E-state index contributed by atoms with van der Waals surface area (Å²) < 4.78 is 0. The maximum atomic E-state index is 11.1. The van der Waals surface area contributed by atoms with Gasteiger partial charge in [0, 0.05) is 11.9 Å². The summed E-state index contributed by atoms with van der Waals surface area (Å²) in [5.41, 5.74) is 8.35. The SMILES string of the molecule is C#CCONC(=O)c1cc(N)c[nH]1. The van der Waals surface area contributed by atoms with E-state index in [2.05, 4.69) is 21.2 Å². The van der Waals surface area contributed by atoms with Crippen LogP contribution in [0.4, 0.5) is 5.69 Å². The average Bonchev–Trinajstić information content (AvgIpc) is 2.52. The molecule has 0 saturated heterocycles. The summed E-state index contributed by atoms with van der Waals surface area (Å²) in [4.78, 5) is 18.4. The molecule has 0 radical (unpaired) electrons. The van der Waals surface area contributed by atoms with Crippen molar-refractivity contribution in [2.24, 2.45) is 0 Å². The molecule has 1 heterocycles. The fraction of sp³-hybridized carbons (Fsp3) is 0.125. The molecule has 0 aliphatic heterocycles. The molecule has 0 atom stereocenters. The van der Waals surface area contributed by atoms with E-state index in [9.17, 15) is 4.79 Å². The number of hydroxylamine groups is 1. The number of aromatic nitrogens is 1. The molecule has 4 N–H and O–H groups in total. The van der Waals surface area contributed by atoms with E-state index < -0.39 is 5.91 Å². The van der Waals surface area contributed by atoms with Gasteiger partial charge in [-0.05, 0) is 6.07 Å². The van der Waals surface area contributed by atoms with Crippen LogP contribution in [0.1, 0.15) is 10.5 Å². The number of carbonyl (C=O) groups excluding carboxylic acids is 1. The standard InChI is InChI=1S/C8H9N3O2/c1-2-3-13-11-8(12)7-4-6(9)5-10-7/h1,4-5,10H,3,9H2,(H,11,12). The van der Waals surface area contributed by atoms with Gasteiger partial charge in [0.05, 0.1) is 0 Å². The smallest absolute Gasteiger partial charge is 0.291 e. The minimum atomic E-state index is -0.410. The number of H-pyrrole nitrogens is 1. The van der Waals surface area contributed by atoms with Crippen molar-refractivity contribution < 1.29 is 9.63 Å². The zero-order valence-corrected chi connectivity index (χ0v) is 6.83. The van der Waals surface area contributed by atoms with Gasteiger partial charge in [0.15, 0.2) is 0 Å². The van der Waals surface area contributed by atoms with Crippen LogP contribution in [0.3, 0.4) is 0 Å². The summed E-state index contributed by atoms with van der Waals surface area (Å²) in [5, 5.41) is 0. The molecule has 1 aromatic rings. The first-order chi connectivity index (χ1) is 6.24. The Kier molecular flexibility index (Phi) is 2.95. The van der Waals surface area contributed by atoms with E-state index in [1.165, 1.54) is 12.3 Å². The van der Waals surface area contributed by atoms with E-state index in [0.717, 1.165) is 0 Å². The molecule has 1 rings (SSSR count). The lowest BCUT2D eigenvalue weighted by Crippen LogP contribution is -2.24. The highest BCUT2D eigenvalue weighted by Gasteiger charge is 2.06. The zero-order valence-electron chi connectivity index (χ0n) is 6.83. The number of amides is 1. The molecule has 0 aromatic carbocycles. The number of nitrogens with one attached hydrogen (secondary N) is 2. The van der Waals surface area contributed by atoms with E-state index >= 15 is 0 Å². The molecule has 0 aliphatic carbocycles. The molecule has 0 spiro atoms. The molecule has 68 valence electrons. The monoisotopic (exact) mass is 179 g/mol. The molecule has 1 amide bonds. The fourth-order valence-electron chi connectivity index (χ4n) is 0.740.